The van der Waals surface area contributed by atoms with Gasteiger partial charge in [0.1, 0.15) is 6.17 Å². The van der Waals surface area contributed by atoms with E-state index in [-0.39, 0.29) is 18.4 Å². The Morgan fingerprint density at radius 2 is 2.15 bits per heavy atom. The van der Waals surface area contributed by atoms with Crippen molar-refractivity contribution in [2.24, 2.45) is 11.3 Å². The van der Waals surface area contributed by atoms with Gasteiger partial charge in [-0.2, -0.15) is 0 Å². The highest BCUT2D eigenvalue weighted by Crippen LogP contribution is 2.55. The molecule has 0 radical (unpaired) electrons. The van der Waals surface area contributed by atoms with Gasteiger partial charge in [0, 0.05) is 6.42 Å². The topological polar surface area (TPSA) is 40.5 Å². The lowest BCUT2D eigenvalue weighted by molar-refractivity contribution is 0.124. The van der Waals surface area contributed by atoms with E-state index in [2.05, 4.69) is 31.7 Å². The predicted molar refractivity (Wildman–Crippen MR) is 109 cm³/mol. The molecule has 0 aromatic heterocycles. The largest absolute Gasteiger partial charge is 0.393 e. The first-order valence-corrected chi connectivity index (χ1v) is 10.3. The molecule has 4 unspecified atom stereocenters. The lowest BCUT2D eigenvalue weighted by Gasteiger charge is -2.41. The molecule has 3 heteroatoms. The van der Waals surface area contributed by atoms with Gasteiger partial charge in [-0.1, -0.05) is 55.0 Å². The molecule has 2 fully saturated rings. The monoisotopic (exact) mass is 372 g/mol. The highest BCUT2D eigenvalue weighted by atomic mass is 19.1. The SMILES string of the molecule is C=C1/C(=C\C=C2/CCCC3(C)C(CC/C=C/CO)=CCC23)CC(O)CC1F. The summed E-state index contributed by atoms with van der Waals surface area (Å²) in [5.41, 5.74) is 4.63. The van der Waals surface area contributed by atoms with E-state index in [1.54, 1.807) is 5.57 Å². The molecule has 2 saturated carbocycles. The Hall–Kier alpha value is -1.45. The molecule has 0 aliphatic heterocycles. The standard InChI is InChI=1S/C24H33FO2/c1-17-19(15-21(27)16-23(17)25)10-9-18-7-6-13-24(2)20(11-12-22(18)24)8-4-3-5-14-26/h3,5,9-11,21-23,26-27H,1,4,6-8,12-16H2,2H3/b5-3+,18-9+,19-10-. The Bertz CT molecular complexity index is 684. The van der Waals surface area contributed by atoms with Crippen molar-refractivity contribution in [2.75, 3.05) is 6.61 Å². The van der Waals surface area contributed by atoms with Crippen LogP contribution in [0.1, 0.15) is 58.3 Å². The first kappa shape index (κ1) is 20.3. The zero-order chi connectivity index (χ0) is 19.4. The molecule has 0 aromatic carbocycles. The zero-order valence-electron chi connectivity index (χ0n) is 16.5. The summed E-state index contributed by atoms with van der Waals surface area (Å²) in [6, 6.07) is 0. The fourth-order valence-corrected chi connectivity index (χ4v) is 5.16. The Kier molecular flexibility index (Phi) is 6.54. The van der Waals surface area contributed by atoms with Crippen LogP contribution < -0.4 is 0 Å². The zero-order valence-corrected chi connectivity index (χ0v) is 16.5. The van der Waals surface area contributed by atoms with Crippen molar-refractivity contribution in [3.63, 3.8) is 0 Å². The van der Waals surface area contributed by atoms with Crippen LogP contribution in [0.4, 0.5) is 4.39 Å². The van der Waals surface area contributed by atoms with Crippen LogP contribution in [0.3, 0.4) is 0 Å². The molecule has 0 aromatic rings. The molecule has 3 aliphatic rings. The molecule has 3 rings (SSSR count). The second-order valence-corrected chi connectivity index (χ2v) is 8.50. The first-order valence-electron chi connectivity index (χ1n) is 10.3. The summed E-state index contributed by atoms with van der Waals surface area (Å²) in [6.07, 6.45) is 16.1. The number of hydrogen-bond acceptors (Lipinski definition) is 2. The second kappa shape index (κ2) is 8.70. The van der Waals surface area contributed by atoms with E-state index in [0.29, 0.717) is 17.9 Å². The average Bonchev–Trinajstić information content (AvgIpc) is 2.97. The third-order valence-electron chi connectivity index (χ3n) is 6.79. The van der Waals surface area contributed by atoms with Crippen molar-refractivity contribution >= 4 is 0 Å². The summed E-state index contributed by atoms with van der Waals surface area (Å²) >= 11 is 0. The second-order valence-electron chi connectivity index (χ2n) is 8.50. The normalized spacial score (nSPS) is 37.3. The molecular weight excluding hydrogens is 339 g/mol. The van der Waals surface area contributed by atoms with E-state index in [9.17, 15) is 9.50 Å². The molecule has 0 saturated heterocycles. The van der Waals surface area contributed by atoms with Crippen molar-refractivity contribution in [3.8, 4) is 0 Å². The number of alkyl halides is 1. The van der Waals surface area contributed by atoms with Gasteiger partial charge in [-0.3, -0.25) is 0 Å². The molecule has 0 amide bonds. The Labute approximate surface area is 162 Å². The summed E-state index contributed by atoms with van der Waals surface area (Å²) in [7, 11) is 0. The van der Waals surface area contributed by atoms with E-state index in [4.69, 9.17) is 5.11 Å². The number of aliphatic hydroxyl groups excluding tert-OH is 2. The third-order valence-corrected chi connectivity index (χ3v) is 6.79. The van der Waals surface area contributed by atoms with Crippen LogP contribution >= 0.6 is 0 Å². The lowest BCUT2D eigenvalue weighted by atomic mass is 9.63. The Balaban J connectivity index is 1.73. The average molecular weight is 373 g/mol. The number of allylic oxidation sites excluding steroid dienone is 7. The molecular formula is C24H33FO2. The third kappa shape index (κ3) is 4.35. The molecule has 2 nitrogen and oxygen atoms in total. The van der Waals surface area contributed by atoms with Crippen LogP contribution in [-0.2, 0) is 0 Å². The van der Waals surface area contributed by atoms with Crippen molar-refractivity contribution in [3.05, 3.63) is 59.3 Å². The van der Waals surface area contributed by atoms with Gasteiger partial charge in [0.2, 0.25) is 0 Å². The van der Waals surface area contributed by atoms with Gasteiger partial charge in [-0.15, -0.1) is 0 Å². The van der Waals surface area contributed by atoms with E-state index in [0.717, 1.165) is 31.3 Å². The highest BCUT2D eigenvalue weighted by Gasteiger charge is 2.44. The minimum absolute atomic E-state index is 0.111. The quantitative estimate of drug-likeness (QED) is 0.638. The summed E-state index contributed by atoms with van der Waals surface area (Å²) in [6.45, 7) is 6.41. The lowest BCUT2D eigenvalue weighted by Crippen LogP contribution is -2.30. The Morgan fingerprint density at radius 3 is 2.93 bits per heavy atom. The molecule has 27 heavy (non-hydrogen) atoms. The van der Waals surface area contributed by atoms with Crippen LogP contribution in [0.15, 0.2) is 59.3 Å². The molecule has 0 bridgehead atoms. The van der Waals surface area contributed by atoms with Gasteiger partial charge in [0.25, 0.3) is 0 Å². The molecule has 4 atom stereocenters. The highest BCUT2D eigenvalue weighted by molar-refractivity contribution is 5.40. The van der Waals surface area contributed by atoms with E-state index >= 15 is 0 Å². The van der Waals surface area contributed by atoms with Crippen molar-refractivity contribution in [1.29, 1.82) is 0 Å². The van der Waals surface area contributed by atoms with E-state index in [1.807, 2.05) is 12.2 Å². The molecule has 0 spiro atoms. The van der Waals surface area contributed by atoms with Crippen LogP contribution in [0, 0.1) is 11.3 Å². The first-order chi connectivity index (χ1) is 13.0. The molecule has 148 valence electrons. The predicted octanol–water partition coefficient (Wildman–Crippen LogP) is 5.35. The number of hydrogen-bond donors (Lipinski definition) is 2. The maximum absolute atomic E-state index is 14.0. The number of rotatable bonds is 5. The Morgan fingerprint density at radius 1 is 1.33 bits per heavy atom. The smallest absolute Gasteiger partial charge is 0.127 e. The van der Waals surface area contributed by atoms with Gasteiger partial charge in [0.15, 0.2) is 0 Å². The molecule has 3 aliphatic carbocycles. The van der Waals surface area contributed by atoms with Gasteiger partial charge in [-0.05, 0) is 67.4 Å². The minimum Gasteiger partial charge on any atom is -0.393 e. The maximum Gasteiger partial charge on any atom is 0.127 e. The fourth-order valence-electron chi connectivity index (χ4n) is 5.16. The van der Waals surface area contributed by atoms with Gasteiger partial charge in [-0.25, -0.2) is 4.39 Å². The van der Waals surface area contributed by atoms with Crippen LogP contribution in [-0.4, -0.2) is 29.1 Å². The van der Waals surface area contributed by atoms with Crippen molar-refractivity contribution in [2.45, 2.75) is 70.6 Å². The maximum atomic E-state index is 14.0. The summed E-state index contributed by atoms with van der Waals surface area (Å²) in [5.74, 6) is 0.530. The van der Waals surface area contributed by atoms with E-state index < -0.39 is 12.3 Å². The van der Waals surface area contributed by atoms with Gasteiger partial charge < -0.3 is 10.2 Å². The van der Waals surface area contributed by atoms with E-state index in [1.165, 1.54) is 18.4 Å². The summed E-state index contributed by atoms with van der Waals surface area (Å²) in [4.78, 5) is 0. The number of halogens is 1. The van der Waals surface area contributed by atoms with Crippen molar-refractivity contribution in [1.82, 2.24) is 0 Å². The number of aliphatic hydroxyl groups is 2. The van der Waals surface area contributed by atoms with Crippen molar-refractivity contribution < 1.29 is 14.6 Å². The van der Waals surface area contributed by atoms with Gasteiger partial charge >= 0.3 is 0 Å². The van der Waals surface area contributed by atoms with Crippen LogP contribution in [0.5, 0.6) is 0 Å². The van der Waals surface area contributed by atoms with Crippen LogP contribution in [0.2, 0.25) is 0 Å². The molecule has 2 N–H and O–H groups in total. The van der Waals surface area contributed by atoms with Gasteiger partial charge in [0.05, 0.1) is 12.7 Å². The minimum atomic E-state index is -1.12. The summed E-state index contributed by atoms with van der Waals surface area (Å²) in [5, 5.41) is 18.8. The number of fused-ring (bicyclic) bond motifs is 1. The summed E-state index contributed by atoms with van der Waals surface area (Å²) < 4.78 is 14.0. The molecule has 0 heterocycles. The van der Waals surface area contributed by atoms with Crippen LogP contribution in [0.25, 0.3) is 0 Å². The fraction of sp³-hybridized carbons (Fsp3) is 0.583.